The highest BCUT2D eigenvalue weighted by molar-refractivity contribution is 5.53. The van der Waals surface area contributed by atoms with Gasteiger partial charge in [0, 0.05) is 23.6 Å². The van der Waals surface area contributed by atoms with Crippen LogP contribution in [0.15, 0.2) is 42.5 Å². The summed E-state index contributed by atoms with van der Waals surface area (Å²) in [5.74, 6) is -0.487. The standard InChI is InChI=1S/C14H14O3/c1-9(10-5-3-2-4-6-10)14-12(16)7-11(15)8-13(14)17/h2-9,15-17H,1H3. The second kappa shape index (κ2) is 4.37. The van der Waals surface area contributed by atoms with Crippen LogP contribution in [0.25, 0.3) is 0 Å². The first-order chi connectivity index (χ1) is 8.09. The van der Waals surface area contributed by atoms with E-state index in [9.17, 15) is 15.3 Å². The van der Waals surface area contributed by atoms with Gasteiger partial charge in [0.1, 0.15) is 17.2 Å². The zero-order valence-corrected chi connectivity index (χ0v) is 9.46. The molecule has 88 valence electrons. The van der Waals surface area contributed by atoms with E-state index in [0.717, 1.165) is 5.56 Å². The second-order valence-corrected chi connectivity index (χ2v) is 4.03. The topological polar surface area (TPSA) is 60.7 Å². The van der Waals surface area contributed by atoms with Crippen molar-refractivity contribution in [2.45, 2.75) is 12.8 Å². The van der Waals surface area contributed by atoms with Gasteiger partial charge in [0.2, 0.25) is 0 Å². The quantitative estimate of drug-likeness (QED) is 0.743. The highest BCUT2D eigenvalue weighted by atomic mass is 16.3. The number of aromatic hydroxyl groups is 3. The number of hydrogen-bond donors (Lipinski definition) is 3. The summed E-state index contributed by atoms with van der Waals surface area (Å²) in [6.07, 6.45) is 0. The largest absolute Gasteiger partial charge is 0.508 e. The van der Waals surface area contributed by atoms with Gasteiger partial charge in [0.05, 0.1) is 0 Å². The molecule has 0 aliphatic rings. The molecule has 1 unspecified atom stereocenters. The summed E-state index contributed by atoms with van der Waals surface area (Å²) >= 11 is 0. The van der Waals surface area contributed by atoms with E-state index in [2.05, 4.69) is 0 Å². The average molecular weight is 230 g/mol. The van der Waals surface area contributed by atoms with Gasteiger partial charge in [-0.1, -0.05) is 37.3 Å². The Hall–Kier alpha value is -2.16. The average Bonchev–Trinajstić information content (AvgIpc) is 2.28. The summed E-state index contributed by atoms with van der Waals surface area (Å²) in [6, 6.07) is 12.0. The number of rotatable bonds is 2. The molecule has 0 amide bonds. The van der Waals surface area contributed by atoms with E-state index in [-0.39, 0.29) is 23.2 Å². The minimum Gasteiger partial charge on any atom is -0.508 e. The summed E-state index contributed by atoms with van der Waals surface area (Å²) in [5, 5.41) is 28.8. The third-order valence-corrected chi connectivity index (χ3v) is 2.85. The first-order valence-electron chi connectivity index (χ1n) is 5.39. The molecule has 3 nitrogen and oxygen atoms in total. The van der Waals surface area contributed by atoms with Gasteiger partial charge in [-0.15, -0.1) is 0 Å². The van der Waals surface area contributed by atoms with Crippen molar-refractivity contribution < 1.29 is 15.3 Å². The summed E-state index contributed by atoms with van der Waals surface area (Å²) < 4.78 is 0. The molecule has 3 N–H and O–H groups in total. The Labute approximate surface area is 99.6 Å². The predicted octanol–water partition coefficient (Wildman–Crippen LogP) is 2.96. The lowest BCUT2D eigenvalue weighted by Crippen LogP contribution is -1.96. The summed E-state index contributed by atoms with van der Waals surface area (Å²) in [7, 11) is 0. The monoisotopic (exact) mass is 230 g/mol. The molecule has 0 radical (unpaired) electrons. The van der Waals surface area contributed by atoms with Gasteiger partial charge in [-0.05, 0) is 5.56 Å². The van der Waals surface area contributed by atoms with Crippen molar-refractivity contribution >= 4 is 0 Å². The molecule has 0 bridgehead atoms. The number of hydrogen-bond acceptors (Lipinski definition) is 3. The highest BCUT2D eigenvalue weighted by Crippen LogP contribution is 2.39. The molecule has 0 saturated carbocycles. The Kier molecular flexibility index (Phi) is 2.91. The second-order valence-electron chi connectivity index (χ2n) is 4.03. The summed E-state index contributed by atoms with van der Waals surface area (Å²) in [5.41, 5.74) is 1.41. The molecule has 0 aromatic heterocycles. The van der Waals surface area contributed by atoms with Crippen molar-refractivity contribution in [2.24, 2.45) is 0 Å². The first-order valence-corrected chi connectivity index (χ1v) is 5.39. The van der Waals surface area contributed by atoms with E-state index in [4.69, 9.17) is 0 Å². The summed E-state index contributed by atoms with van der Waals surface area (Å²) in [6.45, 7) is 1.89. The Bertz CT molecular complexity index is 497. The minimum atomic E-state index is -0.149. The van der Waals surface area contributed by atoms with Gasteiger partial charge in [0.25, 0.3) is 0 Å². The van der Waals surface area contributed by atoms with Crippen LogP contribution >= 0.6 is 0 Å². The van der Waals surface area contributed by atoms with Crippen LogP contribution in [-0.4, -0.2) is 15.3 Å². The molecule has 0 heterocycles. The van der Waals surface area contributed by atoms with Gasteiger partial charge in [0.15, 0.2) is 0 Å². The summed E-state index contributed by atoms with van der Waals surface area (Å²) in [4.78, 5) is 0. The lowest BCUT2D eigenvalue weighted by Gasteiger charge is -2.15. The Morgan fingerprint density at radius 2 is 1.41 bits per heavy atom. The molecule has 0 aliphatic carbocycles. The predicted molar refractivity (Wildman–Crippen MR) is 65.4 cm³/mol. The van der Waals surface area contributed by atoms with E-state index >= 15 is 0 Å². The minimum absolute atomic E-state index is 0.0983. The fraction of sp³-hybridized carbons (Fsp3) is 0.143. The van der Waals surface area contributed by atoms with Crippen LogP contribution in [0.3, 0.4) is 0 Å². The highest BCUT2D eigenvalue weighted by Gasteiger charge is 2.17. The third kappa shape index (κ3) is 2.18. The zero-order chi connectivity index (χ0) is 12.4. The Balaban J connectivity index is 2.48. The molecule has 0 aliphatic heterocycles. The zero-order valence-electron chi connectivity index (χ0n) is 9.46. The van der Waals surface area contributed by atoms with Crippen LogP contribution in [0.4, 0.5) is 0 Å². The number of phenolic OH excluding ortho intramolecular Hbond substituents is 3. The third-order valence-electron chi connectivity index (χ3n) is 2.85. The number of benzene rings is 2. The van der Waals surface area contributed by atoms with Gasteiger partial charge in [-0.3, -0.25) is 0 Å². The molecule has 0 saturated heterocycles. The fourth-order valence-corrected chi connectivity index (χ4v) is 1.96. The van der Waals surface area contributed by atoms with Gasteiger partial charge < -0.3 is 15.3 Å². The van der Waals surface area contributed by atoms with Crippen LogP contribution in [0.2, 0.25) is 0 Å². The molecular weight excluding hydrogens is 216 g/mol. The molecule has 0 spiro atoms. The molecule has 0 fully saturated rings. The SMILES string of the molecule is CC(c1ccccc1)c1c(O)cc(O)cc1O. The molecule has 1 atom stereocenters. The smallest absolute Gasteiger partial charge is 0.126 e. The molecule has 2 aromatic carbocycles. The van der Waals surface area contributed by atoms with Crippen molar-refractivity contribution in [3.8, 4) is 17.2 Å². The van der Waals surface area contributed by atoms with Crippen LogP contribution in [0, 0.1) is 0 Å². The van der Waals surface area contributed by atoms with Crippen molar-refractivity contribution in [1.82, 2.24) is 0 Å². The maximum Gasteiger partial charge on any atom is 0.126 e. The lowest BCUT2D eigenvalue weighted by atomic mass is 9.91. The molecule has 2 aromatic rings. The van der Waals surface area contributed by atoms with Crippen molar-refractivity contribution in [3.63, 3.8) is 0 Å². The van der Waals surface area contributed by atoms with E-state index in [0.29, 0.717) is 5.56 Å². The normalized spacial score (nSPS) is 12.3. The van der Waals surface area contributed by atoms with Crippen molar-refractivity contribution in [2.75, 3.05) is 0 Å². The van der Waals surface area contributed by atoms with Gasteiger partial charge in [-0.2, -0.15) is 0 Å². The Morgan fingerprint density at radius 3 is 1.94 bits per heavy atom. The maximum absolute atomic E-state index is 9.78. The molecular formula is C14H14O3. The molecule has 3 heteroatoms. The van der Waals surface area contributed by atoms with Crippen LogP contribution in [0.5, 0.6) is 17.2 Å². The number of phenols is 3. The van der Waals surface area contributed by atoms with E-state index in [1.807, 2.05) is 37.3 Å². The van der Waals surface area contributed by atoms with Gasteiger partial charge in [-0.25, -0.2) is 0 Å². The van der Waals surface area contributed by atoms with Crippen molar-refractivity contribution in [3.05, 3.63) is 53.6 Å². The Morgan fingerprint density at radius 1 is 0.882 bits per heavy atom. The van der Waals surface area contributed by atoms with E-state index in [1.54, 1.807) is 0 Å². The van der Waals surface area contributed by atoms with E-state index < -0.39 is 0 Å². The van der Waals surface area contributed by atoms with Crippen molar-refractivity contribution in [1.29, 1.82) is 0 Å². The van der Waals surface area contributed by atoms with E-state index in [1.165, 1.54) is 12.1 Å². The van der Waals surface area contributed by atoms with Crippen LogP contribution < -0.4 is 0 Å². The maximum atomic E-state index is 9.78. The first kappa shape index (κ1) is 11.3. The van der Waals surface area contributed by atoms with Gasteiger partial charge >= 0.3 is 0 Å². The molecule has 2 rings (SSSR count). The van der Waals surface area contributed by atoms with Crippen LogP contribution in [-0.2, 0) is 0 Å². The van der Waals surface area contributed by atoms with Crippen LogP contribution in [0.1, 0.15) is 24.0 Å². The fourth-order valence-electron chi connectivity index (χ4n) is 1.96. The lowest BCUT2D eigenvalue weighted by molar-refractivity contribution is 0.417. The molecule has 17 heavy (non-hydrogen) atoms.